The molecule has 0 aliphatic rings. The number of alkyl halides is 3. The van der Waals surface area contributed by atoms with Crippen LogP contribution in [-0.2, 0) is 12.7 Å². The number of nitrogens with two attached hydrogens (primary N) is 1. The van der Waals surface area contributed by atoms with E-state index < -0.39 is 17.4 Å². The third kappa shape index (κ3) is 3.24. The molecule has 0 radical (unpaired) electrons. The van der Waals surface area contributed by atoms with Crippen LogP contribution in [0.15, 0.2) is 12.3 Å². The molecule has 4 nitrogen and oxygen atoms in total. The molecular formula is C9H11F3N4. The standard InChI is InChI=1S/C9H11F3N4/c1-8(14,6-13)3-5-16-4-2-7(15-16)9(10,11)12/h2,4H,3,5,14H2,1H3. The molecular weight excluding hydrogens is 221 g/mol. The fourth-order valence-electron chi connectivity index (χ4n) is 1.04. The summed E-state index contributed by atoms with van der Waals surface area (Å²) in [6, 6.07) is 2.75. The molecule has 1 unspecified atom stereocenters. The zero-order valence-corrected chi connectivity index (χ0v) is 8.62. The second-order valence-corrected chi connectivity index (χ2v) is 3.74. The Hall–Kier alpha value is -1.55. The number of nitrogens with zero attached hydrogens (tertiary/aromatic N) is 3. The van der Waals surface area contributed by atoms with E-state index in [1.165, 1.54) is 13.1 Å². The van der Waals surface area contributed by atoms with Gasteiger partial charge in [-0.2, -0.15) is 23.5 Å². The van der Waals surface area contributed by atoms with Crippen molar-refractivity contribution in [2.75, 3.05) is 0 Å². The molecule has 7 heteroatoms. The third-order valence-corrected chi connectivity index (χ3v) is 2.05. The van der Waals surface area contributed by atoms with E-state index >= 15 is 0 Å². The van der Waals surface area contributed by atoms with Crippen molar-refractivity contribution in [2.24, 2.45) is 5.73 Å². The second kappa shape index (κ2) is 4.14. The average Bonchev–Trinajstić information content (AvgIpc) is 2.63. The Morgan fingerprint density at radius 2 is 2.19 bits per heavy atom. The fraction of sp³-hybridized carbons (Fsp3) is 0.556. The third-order valence-electron chi connectivity index (χ3n) is 2.05. The first-order chi connectivity index (χ1) is 7.24. The predicted octanol–water partition coefficient (Wildman–Crippen LogP) is 1.53. The lowest BCUT2D eigenvalue weighted by molar-refractivity contribution is -0.141. The van der Waals surface area contributed by atoms with Gasteiger partial charge in [-0.05, 0) is 19.4 Å². The summed E-state index contributed by atoms with van der Waals surface area (Å²) in [5.74, 6) is 0. The molecule has 2 N–H and O–H groups in total. The topological polar surface area (TPSA) is 67.6 Å². The first kappa shape index (κ1) is 12.5. The summed E-state index contributed by atoms with van der Waals surface area (Å²) in [6.07, 6.45) is -2.98. The van der Waals surface area contributed by atoms with E-state index in [0.29, 0.717) is 0 Å². The zero-order chi connectivity index (χ0) is 12.4. The fourth-order valence-corrected chi connectivity index (χ4v) is 1.04. The molecule has 1 rings (SSSR count). The van der Waals surface area contributed by atoms with Gasteiger partial charge in [-0.25, -0.2) is 0 Å². The van der Waals surface area contributed by atoms with Gasteiger partial charge in [-0.3, -0.25) is 4.68 Å². The van der Waals surface area contributed by atoms with Crippen molar-refractivity contribution in [3.05, 3.63) is 18.0 Å². The van der Waals surface area contributed by atoms with Gasteiger partial charge in [0.2, 0.25) is 0 Å². The van der Waals surface area contributed by atoms with Gasteiger partial charge in [0.05, 0.1) is 6.07 Å². The van der Waals surface area contributed by atoms with Gasteiger partial charge in [-0.1, -0.05) is 0 Å². The lowest BCUT2D eigenvalue weighted by Crippen LogP contribution is -2.35. The SMILES string of the molecule is CC(N)(C#N)CCn1ccc(C(F)(F)F)n1. The van der Waals surface area contributed by atoms with E-state index in [1.807, 2.05) is 6.07 Å². The Morgan fingerprint density at radius 3 is 2.62 bits per heavy atom. The summed E-state index contributed by atoms with van der Waals surface area (Å²) in [4.78, 5) is 0. The maximum atomic E-state index is 12.2. The smallest absolute Gasteiger partial charge is 0.314 e. The molecule has 1 aromatic heterocycles. The molecule has 0 fully saturated rings. The Balaban J connectivity index is 2.65. The van der Waals surface area contributed by atoms with E-state index in [4.69, 9.17) is 11.0 Å². The van der Waals surface area contributed by atoms with Crippen molar-refractivity contribution < 1.29 is 13.2 Å². The van der Waals surface area contributed by atoms with E-state index in [2.05, 4.69) is 5.10 Å². The minimum atomic E-state index is -4.44. The summed E-state index contributed by atoms with van der Waals surface area (Å²) in [5, 5.41) is 12.0. The highest BCUT2D eigenvalue weighted by atomic mass is 19.4. The van der Waals surface area contributed by atoms with Crippen LogP contribution in [0.1, 0.15) is 19.0 Å². The summed E-state index contributed by atoms with van der Waals surface area (Å²) in [5.41, 5.74) is 3.54. The molecule has 16 heavy (non-hydrogen) atoms. The molecule has 0 amide bonds. The molecule has 0 aliphatic carbocycles. The van der Waals surface area contributed by atoms with Crippen LogP contribution >= 0.6 is 0 Å². The van der Waals surface area contributed by atoms with Crippen LogP contribution in [0, 0.1) is 11.3 Å². The molecule has 1 aromatic rings. The molecule has 0 bridgehead atoms. The number of aryl methyl sites for hydroxylation is 1. The highest BCUT2D eigenvalue weighted by Gasteiger charge is 2.33. The van der Waals surface area contributed by atoms with Crippen LogP contribution in [0.3, 0.4) is 0 Å². The summed E-state index contributed by atoms with van der Waals surface area (Å²) < 4.78 is 37.7. The number of hydrogen-bond acceptors (Lipinski definition) is 3. The molecule has 1 heterocycles. The second-order valence-electron chi connectivity index (χ2n) is 3.74. The van der Waals surface area contributed by atoms with Crippen molar-refractivity contribution in [3.63, 3.8) is 0 Å². The molecule has 0 aliphatic heterocycles. The summed E-state index contributed by atoms with van der Waals surface area (Å²) >= 11 is 0. The predicted molar refractivity (Wildman–Crippen MR) is 50.1 cm³/mol. The van der Waals surface area contributed by atoms with E-state index in [-0.39, 0.29) is 13.0 Å². The number of aromatic nitrogens is 2. The molecule has 0 saturated heterocycles. The molecule has 88 valence electrons. The summed E-state index contributed by atoms with van der Waals surface area (Å²) in [7, 11) is 0. The first-order valence-corrected chi connectivity index (χ1v) is 4.55. The van der Waals surface area contributed by atoms with Gasteiger partial charge in [0.25, 0.3) is 0 Å². The van der Waals surface area contributed by atoms with Crippen LogP contribution in [-0.4, -0.2) is 15.3 Å². The van der Waals surface area contributed by atoms with Crippen LogP contribution in [0.4, 0.5) is 13.2 Å². The van der Waals surface area contributed by atoms with Gasteiger partial charge in [0.1, 0.15) is 5.54 Å². The highest BCUT2D eigenvalue weighted by Crippen LogP contribution is 2.27. The zero-order valence-electron chi connectivity index (χ0n) is 8.62. The van der Waals surface area contributed by atoms with Crippen molar-refractivity contribution in [2.45, 2.75) is 31.6 Å². The van der Waals surface area contributed by atoms with Gasteiger partial charge in [-0.15, -0.1) is 0 Å². The molecule has 0 saturated carbocycles. The van der Waals surface area contributed by atoms with E-state index in [1.54, 1.807) is 0 Å². The minimum Gasteiger partial charge on any atom is -0.314 e. The lowest BCUT2D eigenvalue weighted by Gasteiger charge is -2.14. The van der Waals surface area contributed by atoms with Crippen LogP contribution in [0.2, 0.25) is 0 Å². The minimum absolute atomic E-state index is 0.177. The Morgan fingerprint density at radius 1 is 1.56 bits per heavy atom. The number of hydrogen-bond donors (Lipinski definition) is 1. The van der Waals surface area contributed by atoms with Crippen LogP contribution in [0.5, 0.6) is 0 Å². The van der Waals surface area contributed by atoms with Crippen molar-refractivity contribution in [1.82, 2.24) is 9.78 Å². The lowest BCUT2D eigenvalue weighted by atomic mass is 10.0. The van der Waals surface area contributed by atoms with Gasteiger partial charge in [0.15, 0.2) is 5.69 Å². The maximum Gasteiger partial charge on any atom is 0.435 e. The molecule has 0 aromatic carbocycles. The van der Waals surface area contributed by atoms with Crippen molar-refractivity contribution in [1.29, 1.82) is 5.26 Å². The monoisotopic (exact) mass is 232 g/mol. The Bertz CT molecular complexity index is 400. The van der Waals surface area contributed by atoms with Crippen molar-refractivity contribution >= 4 is 0 Å². The van der Waals surface area contributed by atoms with Gasteiger partial charge in [0, 0.05) is 12.7 Å². The van der Waals surface area contributed by atoms with E-state index in [0.717, 1.165) is 10.7 Å². The average molecular weight is 232 g/mol. The van der Waals surface area contributed by atoms with Crippen LogP contribution in [0.25, 0.3) is 0 Å². The van der Waals surface area contributed by atoms with Crippen LogP contribution < -0.4 is 5.73 Å². The van der Waals surface area contributed by atoms with Gasteiger partial charge >= 0.3 is 6.18 Å². The van der Waals surface area contributed by atoms with Gasteiger partial charge < -0.3 is 5.73 Å². The Kier molecular flexibility index (Phi) is 3.24. The highest BCUT2D eigenvalue weighted by molar-refractivity contribution is 5.04. The molecule has 0 spiro atoms. The normalized spacial score (nSPS) is 15.5. The largest absolute Gasteiger partial charge is 0.435 e. The van der Waals surface area contributed by atoms with E-state index in [9.17, 15) is 13.2 Å². The van der Waals surface area contributed by atoms with Crippen molar-refractivity contribution in [3.8, 4) is 6.07 Å². The number of rotatable bonds is 3. The quantitative estimate of drug-likeness (QED) is 0.859. The maximum absolute atomic E-state index is 12.2. The first-order valence-electron chi connectivity index (χ1n) is 4.55. The number of nitriles is 1. The Labute approximate surface area is 90.5 Å². The summed E-state index contributed by atoms with van der Waals surface area (Å²) in [6.45, 7) is 1.69. The molecule has 1 atom stereocenters. The number of halogens is 3.